The highest BCUT2D eigenvalue weighted by Gasteiger charge is 2.13. The minimum atomic E-state index is 0.441. The van der Waals surface area contributed by atoms with Crippen molar-refractivity contribution in [1.82, 2.24) is 20.3 Å². The van der Waals surface area contributed by atoms with Gasteiger partial charge in [0, 0.05) is 16.1 Å². The fourth-order valence-corrected chi connectivity index (χ4v) is 2.96. The summed E-state index contributed by atoms with van der Waals surface area (Å²) in [6, 6.07) is 15.2. The number of aromatic nitrogens is 4. The summed E-state index contributed by atoms with van der Waals surface area (Å²) in [7, 11) is 0. The molecule has 0 amide bonds. The lowest BCUT2D eigenvalue weighted by Gasteiger charge is -1.95. The Bertz CT molecular complexity index is 929. The molecule has 2 aromatic heterocycles. The second-order valence-electron chi connectivity index (χ2n) is 5.55. The van der Waals surface area contributed by atoms with Crippen molar-refractivity contribution < 1.29 is 8.94 Å². The highest BCUT2D eigenvalue weighted by atomic mass is 35.5. The van der Waals surface area contributed by atoms with Gasteiger partial charge in [-0.15, -0.1) is 10.2 Å². The van der Waals surface area contributed by atoms with Crippen molar-refractivity contribution in [1.29, 1.82) is 0 Å². The zero-order valence-corrected chi connectivity index (χ0v) is 15.3. The average molecular weight is 385 g/mol. The maximum Gasteiger partial charge on any atom is 0.277 e. The van der Waals surface area contributed by atoms with Crippen LogP contribution in [0.25, 0.3) is 22.8 Å². The van der Waals surface area contributed by atoms with Crippen LogP contribution in [0.2, 0.25) is 5.02 Å². The molecule has 8 heteroatoms. The molecule has 0 atom stereocenters. The molecule has 4 rings (SSSR count). The number of hydrogen-bond acceptors (Lipinski definition) is 7. The smallest absolute Gasteiger partial charge is 0.277 e. The first kappa shape index (κ1) is 16.8. The second kappa shape index (κ2) is 7.31. The van der Waals surface area contributed by atoms with Gasteiger partial charge in [-0.1, -0.05) is 46.2 Å². The van der Waals surface area contributed by atoms with Gasteiger partial charge in [0.05, 0.1) is 5.75 Å². The Morgan fingerprint density at radius 3 is 2.46 bits per heavy atom. The Hall–Kier alpha value is -2.64. The van der Waals surface area contributed by atoms with Gasteiger partial charge in [0.1, 0.15) is 0 Å². The Morgan fingerprint density at radius 1 is 0.962 bits per heavy atom. The number of nitrogens with zero attached hydrogens (tertiary/aromatic N) is 4. The van der Waals surface area contributed by atoms with E-state index in [0.29, 0.717) is 33.6 Å². The molecular weight excluding hydrogens is 372 g/mol. The van der Waals surface area contributed by atoms with E-state index in [1.807, 2.05) is 43.3 Å². The molecule has 0 fully saturated rings. The lowest BCUT2D eigenvalue weighted by atomic mass is 10.1. The van der Waals surface area contributed by atoms with Crippen molar-refractivity contribution in [3.8, 4) is 22.8 Å². The third kappa shape index (κ3) is 3.79. The van der Waals surface area contributed by atoms with Crippen molar-refractivity contribution in [2.75, 3.05) is 0 Å². The molecule has 6 nitrogen and oxygen atoms in total. The van der Waals surface area contributed by atoms with Crippen LogP contribution >= 0.6 is 23.4 Å². The van der Waals surface area contributed by atoms with Gasteiger partial charge in [-0.05, 0) is 43.3 Å². The maximum absolute atomic E-state index is 5.88. The lowest BCUT2D eigenvalue weighted by Crippen LogP contribution is -1.83. The monoisotopic (exact) mass is 384 g/mol. The molecule has 26 heavy (non-hydrogen) atoms. The number of halogens is 1. The molecule has 0 bridgehead atoms. The molecule has 0 N–H and O–H groups in total. The SMILES string of the molecule is Cc1ccc(-c2nnc(SCc3nc(-c4ccc(Cl)cc4)no3)o2)cc1. The van der Waals surface area contributed by atoms with E-state index < -0.39 is 0 Å². The van der Waals surface area contributed by atoms with Gasteiger partial charge in [-0.3, -0.25) is 0 Å². The van der Waals surface area contributed by atoms with Gasteiger partial charge in [-0.25, -0.2) is 0 Å². The summed E-state index contributed by atoms with van der Waals surface area (Å²) in [5, 5.41) is 13.2. The zero-order valence-electron chi connectivity index (χ0n) is 13.7. The van der Waals surface area contributed by atoms with Crippen molar-refractivity contribution in [2.24, 2.45) is 0 Å². The van der Waals surface area contributed by atoms with Crippen LogP contribution in [0.4, 0.5) is 0 Å². The van der Waals surface area contributed by atoms with Crippen molar-refractivity contribution in [3.05, 3.63) is 65.0 Å². The summed E-state index contributed by atoms with van der Waals surface area (Å²) in [4.78, 5) is 4.37. The number of hydrogen-bond donors (Lipinski definition) is 0. The number of rotatable bonds is 5. The standard InChI is InChI=1S/C18H13ClN4O2S/c1-11-2-4-13(5-3-11)17-21-22-18(24-17)26-10-15-20-16(23-25-15)12-6-8-14(19)9-7-12/h2-9H,10H2,1H3. The summed E-state index contributed by atoms with van der Waals surface area (Å²) in [5.74, 6) is 1.92. The quantitative estimate of drug-likeness (QED) is 0.446. The van der Waals surface area contributed by atoms with E-state index in [1.165, 1.54) is 17.3 Å². The number of thioether (sulfide) groups is 1. The Balaban J connectivity index is 1.42. The van der Waals surface area contributed by atoms with Crippen molar-refractivity contribution in [2.45, 2.75) is 17.9 Å². The maximum atomic E-state index is 5.88. The molecule has 4 aromatic rings. The summed E-state index contributed by atoms with van der Waals surface area (Å²) >= 11 is 7.23. The van der Waals surface area contributed by atoms with Gasteiger partial charge < -0.3 is 8.94 Å². The van der Waals surface area contributed by atoms with Crippen LogP contribution in [0.3, 0.4) is 0 Å². The summed E-state index contributed by atoms with van der Waals surface area (Å²) in [5.41, 5.74) is 2.90. The van der Waals surface area contributed by atoms with Gasteiger partial charge in [-0.2, -0.15) is 4.98 Å². The predicted molar refractivity (Wildman–Crippen MR) is 98.8 cm³/mol. The fourth-order valence-electron chi connectivity index (χ4n) is 2.23. The molecule has 0 saturated heterocycles. The third-order valence-electron chi connectivity index (χ3n) is 3.59. The Morgan fingerprint density at radius 2 is 1.69 bits per heavy atom. The number of aryl methyl sites for hydroxylation is 1. The average Bonchev–Trinajstić information content (AvgIpc) is 3.31. The minimum absolute atomic E-state index is 0.441. The highest BCUT2D eigenvalue weighted by molar-refractivity contribution is 7.98. The van der Waals surface area contributed by atoms with Crippen LogP contribution in [0.5, 0.6) is 0 Å². The molecule has 0 radical (unpaired) electrons. The van der Waals surface area contributed by atoms with Crippen LogP contribution in [0.1, 0.15) is 11.5 Å². The van der Waals surface area contributed by atoms with E-state index in [0.717, 1.165) is 11.1 Å². The molecule has 2 heterocycles. The Kier molecular flexibility index (Phi) is 4.73. The van der Waals surface area contributed by atoms with E-state index in [9.17, 15) is 0 Å². The Labute approximate surface area is 158 Å². The first-order chi connectivity index (χ1) is 12.7. The summed E-state index contributed by atoms with van der Waals surface area (Å²) in [6.45, 7) is 2.03. The molecule has 0 aliphatic carbocycles. The van der Waals surface area contributed by atoms with E-state index in [1.54, 1.807) is 12.1 Å². The molecule has 0 unspecified atom stereocenters. The fraction of sp³-hybridized carbons (Fsp3) is 0.111. The van der Waals surface area contributed by atoms with Gasteiger partial charge in [0.25, 0.3) is 5.22 Å². The summed E-state index contributed by atoms with van der Waals surface area (Å²) in [6.07, 6.45) is 0. The van der Waals surface area contributed by atoms with E-state index in [2.05, 4.69) is 20.3 Å². The summed E-state index contributed by atoms with van der Waals surface area (Å²) < 4.78 is 10.9. The van der Waals surface area contributed by atoms with Crippen molar-refractivity contribution in [3.63, 3.8) is 0 Å². The van der Waals surface area contributed by atoms with E-state index >= 15 is 0 Å². The predicted octanol–water partition coefficient (Wildman–Crippen LogP) is 5.04. The molecule has 0 aliphatic rings. The van der Waals surface area contributed by atoms with Crippen LogP contribution < -0.4 is 0 Å². The largest absolute Gasteiger partial charge is 0.411 e. The molecule has 130 valence electrons. The van der Waals surface area contributed by atoms with Gasteiger partial charge >= 0.3 is 0 Å². The normalized spacial score (nSPS) is 11.0. The molecule has 0 saturated carbocycles. The van der Waals surface area contributed by atoms with Crippen LogP contribution in [-0.2, 0) is 5.75 Å². The van der Waals surface area contributed by atoms with Crippen LogP contribution in [0.15, 0.2) is 62.7 Å². The first-order valence-corrected chi connectivity index (χ1v) is 9.15. The van der Waals surface area contributed by atoms with E-state index in [-0.39, 0.29) is 0 Å². The minimum Gasteiger partial charge on any atom is -0.411 e. The van der Waals surface area contributed by atoms with Gasteiger partial charge in [0.15, 0.2) is 0 Å². The second-order valence-corrected chi connectivity index (χ2v) is 6.91. The van der Waals surface area contributed by atoms with Crippen LogP contribution in [-0.4, -0.2) is 20.3 Å². The number of benzene rings is 2. The van der Waals surface area contributed by atoms with Crippen molar-refractivity contribution >= 4 is 23.4 Å². The zero-order chi connectivity index (χ0) is 17.9. The lowest BCUT2D eigenvalue weighted by molar-refractivity contribution is 0.391. The van der Waals surface area contributed by atoms with E-state index in [4.69, 9.17) is 20.5 Å². The highest BCUT2D eigenvalue weighted by Crippen LogP contribution is 2.26. The van der Waals surface area contributed by atoms with Gasteiger partial charge in [0.2, 0.25) is 17.6 Å². The van der Waals surface area contributed by atoms with Crippen LogP contribution in [0, 0.1) is 6.92 Å². The molecule has 0 aliphatic heterocycles. The third-order valence-corrected chi connectivity index (χ3v) is 4.65. The topological polar surface area (TPSA) is 77.8 Å². The first-order valence-electron chi connectivity index (χ1n) is 7.79. The molecule has 0 spiro atoms. The molecular formula is C18H13ClN4O2S. The molecule has 2 aromatic carbocycles.